The molecule has 3 heteroatoms. The van der Waals surface area contributed by atoms with E-state index in [2.05, 4.69) is 0 Å². The third-order valence-electron chi connectivity index (χ3n) is 2.80. The lowest BCUT2D eigenvalue weighted by atomic mass is 10.00. The van der Waals surface area contributed by atoms with Crippen LogP contribution in [0.25, 0.3) is 0 Å². The zero-order chi connectivity index (χ0) is 11.8. The summed E-state index contributed by atoms with van der Waals surface area (Å²) in [5, 5.41) is 0.159. The number of allylic oxidation sites excluding steroid dienone is 9. The number of carbonyl (C=O) groups is 1. The van der Waals surface area contributed by atoms with Crippen molar-refractivity contribution in [3.05, 3.63) is 70.0 Å². The Bertz CT molecular complexity index is 583. The third-order valence-corrected chi connectivity index (χ3v) is 3.16. The Kier molecular flexibility index (Phi) is 2.37. The molecule has 0 amide bonds. The number of fused-ring (bicyclic) bond motifs is 3. The van der Waals surface area contributed by atoms with Crippen molar-refractivity contribution in [3.8, 4) is 0 Å². The Morgan fingerprint density at radius 3 is 2.71 bits per heavy atom. The van der Waals surface area contributed by atoms with E-state index < -0.39 is 5.97 Å². The monoisotopic (exact) mass is 244 g/mol. The fraction of sp³-hybridized carbons (Fsp3) is 0.0714. The average molecular weight is 245 g/mol. The molecule has 0 saturated carbocycles. The molecule has 2 bridgehead atoms. The summed E-state index contributed by atoms with van der Waals surface area (Å²) in [6.45, 7) is 0. The van der Waals surface area contributed by atoms with E-state index in [0.29, 0.717) is 11.3 Å². The Morgan fingerprint density at radius 1 is 1.12 bits per heavy atom. The SMILES string of the molecule is O=C1OC2=CC=C3C=CC=CC(=CC2=C1Cl)C3. The number of hydrogen-bond donors (Lipinski definition) is 0. The second-order valence-corrected chi connectivity index (χ2v) is 4.38. The van der Waals surface area contributed by atoms with Crippen LogP contribution in [-0.4, -0.2) is 5.97 Å². The zero-order valence-corrected chi connectivity index (χ0v) is 9.70. The summed E-state index contributed by atoms with van der Waals surface area (Å²) in [5.41, 5.74) is 2.96. The highest BCUT2D eigenvalue weighted by molar-refractivity contribution is 6.43. The van der Waals surface area contributed by atoms with Crippen LogP contribution in [0.2, 0.25) is 0 Å². The van der Waals surface area contributed by atoms with Gasteiger partial charge in [-0.2, -0.15) is 0 Å². The highest BCUT2D eigenvalue weighted by atomic mass is 35.5. The maximum absolute atomic E-state index is 11.4. The summed E-state index contributed by atoms with van der Waals surface area (Å²) in [6.07, 6.45) is 14.5. The number of halogens is 1. The molecule has 0 aromatic heterocycles. The van der Waals surface area contributed by atoms with E-state index in [0.717, 1.165) is 12.0 Å². The van der Waals surface area contributed by atoms with E-state index in [1.807, 2.05) is 36.5 Å². The largest absolute Gasteiger partial charge is 0.422 e. The Labute approximate surface area is 104 Å². The third kappa shape index (κ3) is 1.81. The first-order chi connectivity index (χ1) is 8.24. The van der Waals surface area contributed by atoms with Gasteiger partial charge in [0.25, 0.3) is 0 Å². The van der Waals surface area contributed by atoms with E-state index in [-0.39, 0.29) is 5.03 Å². The molecule has 3 aliphatic rings. The summed E-state index contributed by atoms with van der Waals surface area (Å²) in [5.74, 6) is 0.0512. The highest BCUT2D eigenvalue weighted by Gasteiger charge is 2.27. The number of carbonyl (C=O) groups excluding carboxylic acids is 1. The van der Waals surface area contributed by atoms with Crippen molar-refractivity contribution in [2.45, 2.75) is 6.42 Å². The van der Waals surface area contributed by atoms with Gasteiger partial charge in [0.1, 0.15) is 10.8 Å². The van der Waals surface area contributed by atoms with E-state index in [9.17, 15) is 4.79 Å². The van der Waals surface area contributed by atoms with Gasteiger partial charge in [0.15, 0.2) is 0 Å². The Balaban J connectivity index is 2.20. The van der Waals surface area contributed by atoms with Crippen molar-refractivity contribution < 1.29 is 9.53 Å². The van der Waals surface area contributed by atoms with Crippen molar-refractivity contribution in [2.24, 2.45) is 0 Å². The average Bonchev–Trinajstić information content (AvgIpc) is 2.53. The fourth-order valence-electron chi connectivity index (χ4n) is 1.97. The number of ether oxygens (including phenoxy) is 1. The zero-order valence-electron chi connectivity index (χ0n) is 8.94. The molecule has 17 heavy (non-hydrogen) atoms. The van der Waals surface area contributed by atoms with Gasteiger partial charge < -0.3 is 4.74 Å². The van der Waals surface area contributed by atoms with Crippen LogP contribution in [0.3, 0.4) is 0 Å². The van der Waals surface area contributed by atoms with Crippen molar-refractivity contribution >= 4 is 17.6 Å². The molecule has 0 aromatic carbocycles. The second-order valence-electron chi connectivity index (χ2n) is 4.00. The fourth-order valence-corrected chi connectivity index (χ4v) is 2.16. The number of hydrogen-bond acceptors (Lipinski definition) is 2. The Hall–Kier alpha value is -1.80. The van der Waals surface area contributed by atoms with Gasteiger partial charge in [-0.15, -0.1) is 0 Å². The molecular weight excluding hydrogens is 236 g/mol. The molecule has 3 rings (SSSR count). The first-order valence-corrected chi connectivity index (χ1v) is 5.70. The van der Waals surface area contributed by atoms with Crippen molar-refractivity contribution in [1.82, 2.24) is 0 Å². The molecule has 2 nitrogen and oxygen atoms in total. The van der Waals surface area contributed by atoms with Crippen LogP contribution in [0.4, 0.5) is 0 Å². The van der Waals surface area contributed by atoms with E-state index in [4.69, 9.17) is 16.3 Å². The quantitative estimate of drug-likeness (QED) is 0.611. The lowest BCUT2D eigenvalue weighted by molar-refractivity contribution is -0.132. The molecule has 84 valence electrons. The minimum Gasteiger partial charge on any atom is -0.422 e. The molecular formula is C14H9ClO2. The van der Waals surface area contributed by atoms with Gasteiger partial charge in [0.05, 0.1) is 0 Å². The summed E-state index contributed by atoms with van der Waals surface area (Å²) >= 11 is 5.94. The maximum Gasteiger partial charge on any atom is 0.355 e. The molecule has 0 saturated heterocycles. The van der Waals surface area contributed by atoms with E-state index in [1.54, 1.807) is 6.08 Å². The van der Waals surface area contributed by atoms with Gasteiger partial charge in [-0.25, -0.2) is 4.79 Å². The highest BCUT2D eigenvalue weighted by Crippen LogP contribution is 2.33. The van der Waals surface area contributed by atoms with Crippen LogP contribution < -0.4 is 0 Å². The molecule has 2 aliphatic carbocycles. The van der Waals surface area contributed by atoms with Crippen molar-refractivity contribution in [2.75, 3.05) is 0 Å². The smallest absolute Gasteiger partial charge is 0.355 e. The molecule has 1 aliphatic heterocycles. The topological polar surface area (TPSA) is 26.3 Å². The van der Waals surface area contributed by atoms with Gasteiger partial charge >= 0.3 is 5.97 Å². The molecule has 0 spiro atoms. The molecule has 0 unspecified atom stereocenters. The molecule has 0 aromatic rings. The first kappa shape index (κ1) is 10.4. The molecule has 0 atom stereocenters. The first-order valence-electron chi connectivity index (χ1n) is 5.32. The predicted octanol–water partition coefficient (Wildman–Crippen LogP) is 3.30. The minimum atomic E-state index is -0.475. The Morgan fingerprint density at radius 2 is 1.88 bits per heavy atom. The molecule has 0 N–H and O–H groups in total. The minimum absolute atomic E-state index is 0.159. The normalized spacial score (nSPS) is 21.9. The summed E-state index contributed by atoms with van der Waals surface area (Å²) < 4.78 is 5.10. The van der Waals surface area contributed by atoms with Gasteiger partial charge in [0.2, 0.25) is 0 Å². The standard InChI is InChI=1S/C14H9ClO2/c15-13-11-8-10-4-2-1-3-9(7-10)5-6-12(11)17-14(13)16/h1-6,8H,7H2. The lowest BCUT2D eigenvalue weighted by Crippen LogP contribution is -1.93. The van der Waals surface area contributed by atoms with Crippen LogP contribution in [0.1, 0.15) is 6.42 Å². The molecule has 1 heterocycles. The van der Waals surface area contributed by atoms with Crippen LogP contribution in [0.5, 0.6) is 0 Å². The van der Waals surface area contributed by atoms with E-state index in [1.165, 1.54) is 5.57 Å². The van der Waals surface area contributed by atoms with Crippen LogP contribution in [0, 0.1) is 0 Å². The molecule has 0 radical (unpaired) electrons. The number of rotatable bonds is 0. The van der Waals surface area contributed by atoms with Gasteiger partial charge in [-0.3, -0.25) is 0 Å². The maximum atomic E-state index is 11.4. The lowest BCUT2D eigenvalue weighted by Gasteiger charge is -2.07. The summed E-state index contributed by atoms with van der Waals surface area (Å²) in [7, 11) is 0. The van der Waals surface area contributed by atoms with Crippen molar-refractivity contribution in [3.63, 3.8) is 0 Å². The number of esters is 1. The van der Waals surface area contributed by atoms with Gasteiger partial charge in [0, 0.05) is 5.57 Å². The van der Waals surface area contributed by atoms with Gasteiger partial charge in [-0.1, -0.05) is 42.0 Å². The molecule has 0 fully saturated rings. The van der Waals surface area contributed by atoms with E-state index >= 15 is 0 Å². The predicted molar refractivity (Wildman–Crippen MR) is 66.1 cm³/mol. The van der Waals surface area contributed by atoms with Crippen LogP contribution in [0.15, 0.2) is 70.0 Å². The van der Waals surface area contributed by atoms with Gasteiger partial charge in [-0.05, 0) is 29.7 Å². The second kappa shape index (κ2) is 3.90. The van der Waals surface area contributed by atoms with Crippen LogP contribution in [-0.2, 0) is 9.53 Å². The summed E-state index contributed by atoms with van der Waals surface area (Å²) in [6, 6.07) is 0. The summed E-state index contributed by atoms with van der Waals surface area (Å²) in [4.78, 5) is 11.4. The van der Waals surface area contributed by atoms with Crippen molar-refractivity contribution in [1.29, 1.82) is 0 Å². The van der Waals surface area contributed by atoms with Crippen LogP contribution >= 0.6 is 11.6 Å².